The van der Waals surface area contributed by atoms with Gasteiger partial charge in [-0.1, -0.05) is 24.6 Å². The Kier molecular flexibility index (Phi) is 6.61. The van der Waals surface area contributed by atoms with Crippen molar-refractivity contribution in [1.29, 1.82) is 0 Å². The van der Waals surface area contributed by atoms with Gasteiger partial charge < -0.3 is 11.1 Å². The molecule has 0 fully saturated rings. The molecule has 1 aromatic heterocycles. The van der Waals surface area contributed by atoms with Crippen LogP contribution in [0.3, 0.4) is 0 Å². The molecule has 0 unspecified atom stereocenters. The SMILES string of the molecule is CCC(=O)N[C@@H](CCN)c1ccc(Cl)c(C(=O)c2cccnc2)c1F. The van der Waals surface area contributed by atoms with E-state index in [2.05, 4.69) is 10.3 Å². The minimum absolute atomic E-state index is 0.00317. The lowest BCUT2D eigenvalue weighted by molar-refractivity contribution is -0.121. The van der Waals surface area contributed by atoms with Gasteiger partial charge in [-0.3, -0.25) is 14.6 Å². The summed E-state index contributed by atoms with van der Waals surface area (Å²) in [7, 11) is 0. The lowest BCUT2D eigenvalue weighted by atomic mass is 9.96. The number of hydrogen-bond acceptors (Lipinski definition) is 4. The summed E-state index contributed by atoms with van der Waals surface area (Å²) < 4.78 is 15.1. The Labute approximate surface area is 150 Å². The average Bonchev–Trinajstić information content (AvgIpc) is 2.62. The van der Waals surface area contributed by atoms with Gasteiger partial charge in [0.25, 0.3) is 0 Å². The maximum absolute atomic E-state index is 15.1. The van der Waals surface area contributed by atoms with Gasteiger partial charge in [-0.25, -0.2) is 4.39 Å². The number of nitrogens with two attached hydrogens (primary N) is 1. The molecule has 1 heterocycles. The zero-order valence-electron chi connectivity index (χ0n) is 13.8. The second-order valence-electron chi connectivity index (χ2n) is 5.45. The topological polar surface area (TPSA) is 85.1 Å². The second-order valence-corrected chi connectivity index (χ2v) is 5.85. The Hall–Kier alpha value is -2.31. The number of benzene rings is 1. The minimum Gasteiger partial charge on any atom is -0.349 e. The smallest absolute Gasteiger partial charge is 0.220 e. The van der Waals surface area contributed by atoms with E-state index in [9.17, 15) is 9.59 Å². The molecule has 1 aromatic carbocycles. The van der Waals surface area contributed by atoms with Gasteiger partial charge in [0.05, 0.1) is 16.6 Å². The van der Waals surface area contributed by atoms with E-state index in [0.717, 1.165) is 0 Å². The van der Waals surface area contributed by atoms with Crippen LogP contribution in [0, 0.1) is 5.82 Å². The maximum Gasteiger partial charge on any atom is 0.220 e. The summed E-state index contributed by atoms with van der Waals surface area (Å²) in [5.74, 6) is -1.55. The van der Waals surface area contributed by atoms with Crippen LogP contribution >= 0.6 is 11.6 Å². The van der Waals surface area contributed by atoms with Gasteiger partial charge in [0.2, 0.25) is 5.91 Å². The highest BCUT2D eigenvalue weighted by molar-refractivity contribution is 6.35. The van der Waals surface area contributed by atoms with Crippen molar-refractivity contribution in [3.63, 3.8) is 0 Å². The molecule has 0 radical (unpaired) electrons. The summed E-state index contributed by atoms with van der Waals surface area (Å²) in [5.41, 5.74) is 5.76. The van der Waals surface area contributed by atoms with Crippen LogP contribution in [-0.4, -0.2) is 23.2 Å². The quantitative estimate of drug-likeness (QED) is 0.740. The van der Waals surface area contributed by atoms with Crippen molar-refractivity contribution in [1.82, 2.24) is 10.3 Å². The van der Waals surface area contributed by atoms with Gasteiger partial charge in [-0.15, -0.1) is 0 Å². The third kappa shape index (κ3) is 4.41. The van der Waals surface area contributed by atoms with Crippen LogP contribution in [0.15, 0.2) is 36.7 Å². The van der Waals surface area contributed by atoms with Crippen molar-refractivity contribution in [2.24, 2.45) is 5.73 Å². The van der Waals surface area contributed by atoms with E-state index in [-0.39, 0.29) is 40.6 Å². The molecular weight excluding hydrogens is 345 g/mol. The first-order chi connectivity index (χ1) is 12.0. The van der Waals surface area contributed by atoms with Crippen LogP contribution in [0.1, 0.15) is 47.3 Å². The third-order valence-corrected chi connectivity index (χ3v) is 4.07. The van der Waals surface area contributed by atoms with E-state index in [0.29, 0.717) is 6.42 Å². The Morgan fingerprint density at radius 2 is 2.12 bits per heavy atom. The standard InChI is InChI=1S/C18H19ClFN3O2/c1-2-15(24)23-14(7-8-21)12-5-6-13(19)16(17(12)20)18(25)11-4-3-9-22-10-11/h3-6,9-10,14H,2,7-8,21H2,1H3,(H,23,24)/t14-/m0/s1. The van der Waals surface area contributed by atoms with Crippen molar-refractivity contribution in [3.05, 3.63) is 64.2 Å². The highest BCUT2D eigenvalue weighted by Gasteiger charge is 2.25. The molecule has 0 aliphatic rings. The monoisotopic (exact) mass is 363 g/mol. The summed E-state index contributed by atoms with van der Waals surface area (Å²) >= 11 is 6.07. The first kappa shape index (κ1) is 19.0. The van der Waals surface area contributed by atoms with Crippen molar-refractivity contribution in [2.75, 3.05) is 6.54 Å². The van der Waals surface area contributed by atoms with Crippen molar-refractivity contribution in [3.8, 4) is 0 Å². The predicted molar refractivity (Wildman–Crippen MR) is 93.9 cm³/mol. The third-order valence-electron chi connectivity index (χ3n) is 3.76. The van der Waals surface area contributed by atoms with Crippen LogP contribution in [0.25, 0.3) is 0 Å². The fraction of sp³-hybridized carbons (Fsp3) is 0.278. The van der Waals surface area contributed by atoms with Crippen molar-refractivity contribution < 1.29 is 14.0 Å². The molecule has 0 bridgehead atoms. The van der Waals surface area contributed by atoms with Crippen LogP contribution in [-0.2, 0) is 4.79 Å². The first-order valence-electron chi connectivity index (χ1n) is 7.91. The second kappa shape index (κ2) is 8.69. The van der Waals surface area contributed by atoms with E-state index < -0.39 is 17.6 Å². The fourth-order valence-electron chi connectivity index (χ4n) is 2.46. The zero-order chi connectivity index (χ0) is 18.4. The molecule has 1 atom stereocenters. The van der Waals surface area contributed by atoms with Gasteiger partial charge in [-0.2, -0.15) is 0 Å². The van der Waals surface area contributed by atoms with E-state index in [1.54, 1.807) is 13.0 Å². The molecule has 2 rings (SSSR count). The van der Waals surface area contributed by atoms with Gasteiger partial charge in [0.1, 0.15) is 5.82 Å². The molecule has 0 saturated heterocycles. The number of carbonyl (C=O) groups is 2. The highest BCUT2D eigenvalue weighted by atomic mass is 35.5. The predicted octanol–water partition coefficient (Wildman–Crippen LogP) is 3.02. The van der Waals surface area contributed by atoms with E-state index in [1.807, 2.05) is 0 Å². The molecule has 7 heteroatoms. The Morgan fingerprint density at radius 1 is 1.36 bits per heavy atom. The minimum atomic E-state index is -0.754. The number of rotatable bonds is 7. The number of hydrogen-bond donors (Lipinski definition) is 2. The average molecular weight is 364 g/mol. The molecule has 0 aliphatic heterocycles. The van der Waals surface area contributed by atoms with Crippen LogP contribution < -0.4 is 11.1 Å². The molecule has 0 saturated carbocycles. The van der Waals surface area contributed by atoms with Crippen LogP contribution in [0.4, 0.5) is 4.39 Å². The molecule has 3 N–H and O–H groups in total. The molecule has 5 nitrogen and oxygen atoms in total. The Bertz CT molecular complexity index is 768. The van der Waals surface area contributed by atoms with E-state index >= 15 is 4.39 Å². The van der Waals surface area contributed by atoms with Gasteiger partial charge >= 0.3 is 0 Å². The van der Waals surface area contributed by atoms with Gasteiger partial charge in [0, 0.05) is 29.9 Å². The maximum atomic E-state index is 15.1. The normalized spacial score (nSPS) is 11.8. The molecule has 2 aromatic rings. The van der Waals surface area contributed by atoms with E-state index in [4.69, 9.17) is 17.3 Å². The summed E-state index contributed by atoms with van der Waals surface area (Å²) in [5, 5.41) is 2.73. The Morgan fingerprint density at radius 3 is 2.72 bits per heavy atom. The van der Waals surface area contributed by atoms with Gasteiger partial charge in [0.15, 0.2) is 5.78 Å². The van der Waals surface area contributed by atoms with Gasteiger partial charge in [-0.05, 0) is 31.2 Å². The lowest BCUT2D eigenvalue weighted by Gasteiger charge is -2.20. The van der Waals surface area contributed by atoms with Crippen LogP contribution in [0.5, 0.6) is 0 Å². The molecule has 0 aliphatic carbocycles. The number of pyridine rings is 1. The fourth-order valence-corrected chi connectivity index (χ4v) is 2.69. The van der Waals surface area contributed by atoms with Crippen molar-refractivity contribution >= 4 is 23.3 Å². The number of ketones is 1. The zero-order valence-corrected chi connectivity index (χ0v) is 14.5. The number of nitrogens with one attached hydrogen (secondary N) is 1. The number of aromatic nitrogens is 1. The molecular formula is C18H19ClFN3O2. The highest BCUT2D eigenvalue weighted by Crippen LogP contribution is 2.29. The number of amides is 1. The largest absolute Gasteiger partial charge is 0.349 e. The summed E-state index contributed by atoms with van der Waals surface area (Å²) in [4.78, 5) is 28.2. The van der Waals surface area contributed by atoms with Crippen molar-refractivity contribution in [2.45, 2.75) is 25.8 Å². The summed E-state index contributed by atoms with van der Waals surface area (Å²) in [6.45, 7) is 1.95. The van der Waals surface area contributed by atoms with Crippen LogP contribution in [0.2, 0.25) is 5.02 Å². The Balaban J connectivity index is 2.47. The van der Waals surface area contributed by atoms with E-state index in [1.165, 1.54) is 30.6 Å². The molecule has 25 heavy (non-hydrogen) atoms. The molecule has 1 amide bonds. The summed E-state index contributed by atoms with van der Waals surface area (Å²) in [6, 6.07) is 5.41. The number of halogens is 2. The lowest BCUT2D eigenvalue weighted by Crippen LogP contribution is -2.30. The first-order valence-corrected chi connectivity index (χ1v) is 8.29. The number of carbonyl (C=O) groups excluding carboxylic acids is 2. The number of nitrogens with zero attached hydrogens (tertiary/aromatic N) is 1. The summed E-state index contributed by atoms with van der Waals surface area (Å²) in [6.07, 6.45) is 3.46. The molecule has 0 spiro atoms. The molecule has 132 valence electrons.